The van der Waals surface area contributed by atoms with Gasteiger partial charge in [-0.15, -0.1) is 0 Å². The van der Waals surface area contributed by atoms with E-state index in [1.54, 1.807) is 0 Å². The lowest BCUT2D eigenvalue weighted by Gasteiger charge is -2.27. The fraction of sp³-hybridized carbons (Fsp3) is 0.818. The van der Waals surface area contributed by atoms with Crippen molar-refractivity contribution in [1.29, 1.82) is 0 Å². The van der Waals surface area contributed by atoms with Crippen LogP contribution in [0.5, 0.6) is 0 Å². The fourth-order valence-corrected chi connectivity index (χ4v) is 1.84. The van der Waals surface area contributed by atoms with Crippen molar-refractivity contribution in [2.24, 2.45) is 11.8 Å². The molecule has 15 heavy (non-hydrogen) atoms. The molecule has 1 amide bonds. The number of hydrogen-bond acceptors (Lipinski definition) is 2. The molecule has 0 aromatic carbocycles. The molecule has 0 bridgehead atoms. The maximum Gasteiger partial charge on any atom is 0.315 e. The van der Waals surface area contributed by atoms with Crippen molar-refractivity contribution in [3.8, 4) is 0 Å². The van der Waals surface area contributed by atoms with E-state index in [1.165, 1.54) is 6.92 Å². The average Bonchev–Trinajstić information content (AvgIpc) is 2.20. The second-order valence-corrected chi connectivity index (χ2v) is 4.53. The lowest BCUT2D eigenvalue weighted by molar-refractivity contribution is -0.146. The van der Waals surface area contributed by atoms with Crippen molar-refractivity contribution in [3.63, 3.8) is 0 Å². The summed E-state index contributed by atoms with van der Waals surface area (Å²) < 4.78 is 0. The van der Waals surface area contributed by atoms with Crippen LogP contribution in [0, 0.1) is 11.8 Å². The van der Waals surface area contributed by atoms with Crippen LogP contribution in [-0.2, 0) is 9.59 Å². The zero-order valence-corrected chi connectivity index (χ0v) is 9.32. The van der Waals surface area contributed by atoms with E-state index in [9.17, 15) is 9.59 Å². The van der Waals surface area contributed by atoms with E-state index < -0.39 is 11.9 Å². The highest BCUT2D eigenvalue weighted by molar-refractivity contribution is 5.96. The SMILES string of the molecule is CC1CCC(NC(=O)C(C)C(=O)O)CC1. The summed E-state index contributed by atoms with van der Waals surface area (Å²) in [4.78, 5) is 22.0. The Hall–Kier alpha value is -1.06. The summed E-state index contributed by atoms with van der Waals surface area (Å²) >= 11 is 0. The lowest BCUT2D eigenvalue weighted by atomic mass is 9.87. The van der Waals surface area contributed by atoms with Gasteiger partial charge in [0.05, 0.1) is 0 Å². The van der Waals surface area contributed by atoms with Gasteiger partial charge >= 0.3 is 5.97 Å². The zero-order chi connectivity index (χ0) is 11.4. The number of carbonyl (C=O) groups is 2. The number of hydrogen-bond donors (Lipinski definition) is 2. The summed E-state index contributed by atoms with van der Waals surface area (Å²) in [5.41, 5.74) is 0. The average molecular weight is 213 g/mol. The highest BCUT2D eigenvalue weighted by atomic mass is 16.4. The fourth-order valence-electron chi connectivity index (χ4n) is 1.84. The molecular formula is C11H19NO3. The lowest BCUT2D eigenvalue weighted by Crippen LogP contribution is -2.42. The van der Waals surface area contributed by atoms with Crippen molar-refractivity contribution in [1.82, 2.24) is 5.32 Å². The molecule has 1 unspecified atom stereocenters. The topological polar surface area (TPSA) is 66.4 Å². The van der Waals surface area contributed by atoms with Crippen molar-refractivity contribution >= 4 is 11.9 Å². The second kappa shape index (κ2) is 5.14. The van der Waals surface area contributed by atoms with Gasteiger partial charge in [0.25, 0.3) is 0 Å². The van der Waals surface area contributed by atoms with Crippen molar-refractivity contribution in [2.45, 2.75) is 45.6 Å². The Kier molecular flexibility index (Phi) is 4.12. The monoisotopic (exact) mass is 213 g/mol. The van der Waals surface area contributed by atoms with Gasteiger partial charge < -0.3 is 10.4 Å². The quantitative estimate of drug-likeness (QED) is 0.696. The minimum atomic E-state index is -1.06. The number of nitrogens with one attached hydrogen (secondary N) is 1. The molecule has 1 saturated carbocycles. The molecule has 1 aliphatic rings. The number of aliphatic carboxylic acids is 1. The number of carboxylic acid groups (broad SMARTS) is 1. The molecule has 0 heterocycles. The molecule has 4 nitrogen and oxygen atoms in total. The van der Waals surface area contributed by atoms with E-state index in [0.29, 0.717) is 0 Å². The number of amides is 1. The Morgan fingerprint density at radius 1 is 1.27 bits per heavy atom. The summed E-state index contributed by atoms with van der Waals surface area (Å²) in [6.45, 7) is 3.63. The highest BCUT2D eigenvalue weighted by Crippen LogP contribution is 2.23. The first-order valence-electron chi connectivity index (χ1n) is 5.54. The summed E-state index contributed by atoms with van der Waals surface area (Å²) in [6, 6.07) is 0.176. The van der Waals surface area contributed by atoms with E-state index in [-0.39, 0.29) is 11.9 Å². The van der Waals surface area contributed by atoms with Crippen LogP contribution in [0.15, 0.2) is 0 Å². The molecule has 0 aromatic rings. The van der Waals surface area contributed by atoms with Gasteiger partial charge in [-0.3, -0.25) is 9.59 Å². The first-order valence-corrected chi connectivity index (χ1v) is 5.54. The highest BCUT2D eigenvalue weighted by Gasteiger charge is 2.25. The van der Waals surface area contributed by atoms with Gasteiger partial charge in [0, 0.05) is 6.04 Å². The molecule has 4 heteroatoms. The van der Waals surface area contributed by atoms with E-state index >= 15 is 0 Å². The van der Waals surface area contributed by atoms with Gasteiger partial charge in [-0.1, -0.05) is 6.92 Å². The summed E-state index contributed by atoms with van der Waals surface area (Å²) in [7, 11) is 0. The number of carboxylic acids is 1. The van der Waals surface area contributed by atoms with Gasteiger partial charge in [-0.25, -0.2) is 0 Å². The van der Waals surface area contributed by atoms with Crippen LogP contribution < -0.4 is 5.32 Å². The van der Waals surface area contributed by atoms with Crippen molar-refractivity contribution < 1.29 is 14.7 Å². The van der Waals surface area contributed by atoms with Gasteiger partial charge in [0.2, 0.25) is 5.91 Å². The van der Waals surface area contributed by atoms with E-state index in [1.807, 2.05) is 0 Å². The Bertz CT molecular complexity index is 244. The summed E-state index contributed by atoms with van der Waals surface area (Å²) in [5, 5.41) is 11.5. The largest absolute Gasteiger partial charge is 0.481 e. The maximum atomic E-state index is 11.4. The minimum absolute atomic E-state index is 0.176. The predicted molar refractivity (Wildman–Crippen MR) is 56.4 cm³/mol. The molecule has 86 valence electrons. The normalized spacial score (nSPS) is 28.1. The van der Waals surface area contributed by atoms with Crippen LogP contribution in [-0.4, -0.2) is 23.0 Å². The number of rotatable bonds is 3. The second-order valence-electron chi connectivity index (χ2n) is 4.53. The van der Waals surface area contributed by atoms with Crippen molar-refractivity contribution in [3.05, 3.63) is 0 Å². The molecule has 1 aliphatic carbocycles. The molecule has 1 rings (SSSR count). The molecule has 0 saturated heterocycles. The van der Waals surface area contributed by atoms with Gasteiger partial charge in [-0.2, -0.15) is 0 Å². The molecule has 0 aromatic heterocycles. The van der Waals surface area contributed by atoms with Crippen LogP contribution in [0.4, 0.5) is 0 Å². The molecule has 0 spiro atoms. The van der Waals surface area contributed by atoms with Gasteiger partial charge in [0.1, 0.15) is 5.92 Å². The standard InChI is InChI=1S/C11H19NO3/c1-7-3-5-9(6-4-7)12-10(13)8(2)11(14)15/h7-9H,3-6H2,1-2H3,(H,12,13)(H,14,15). The smallest absolute Gasteiger partial charge is 0.315 e. The third kappa shape index (κ3) is 3.53. The first-order chi connectivity index (χ1) is 7.00. The van der Waals surface area contributed by atoms with Crippen LogP contribution in [0.25, 0.3) is 0 Å². The molecule has 0 aliphatic heterocycles. The minimum Gasteiger partial charge on any atom is -0.481 e. The third-order valence-electron chi connectivity index (χ3n) is 3.13. The molecular weight excluding hydrogens is 194 g/mol. The van der Waals surface area contributed by atoms with Crippen molar-refractivity contribution in [2.75, 3.05) is 0 Å². The third-order valence-corrected chi connectivity index (χ3v) is 3.13. The number of carbonyl (C=O) groups excluding carboxylic acids is 1. The molecule has 2 N–H and O–H groups in total. The van der Waals surface area contributed by atoms with Gasteiger partial charge in [-0.05, 0) is 38.5 Å². The summed E-state index contributed by atoms with van der Waals surface area (Å²) in [6.07, 6.45) is 4.18. The molecule has 1 fully saturated rings. The van der Waals surface area contributed by atoms with Crippen LogP contribution in [0.3, 0.4) is 0 Å². The zero-order valence-electron chi connectivity index (χ0n) is 9.32. The predicted octanol–water partition coefficient (Wildman–Crippen LogP) is 1.40. The first kappa shape index (κ1) is 12.0. The summed E-state index contributed by atoms with van der Waals surface area (Å²) in [5.74, 6) is -1.63. The van der Waals surface area contributed by atoms with E-state index in [4.69, 9.17) is 5.11 Å². The Labute approximate surface area is 90.0 Å². The van der Waals surface area contributed by atoms with E-state index in [2.05, 4.69) is 12.2 Å². The molecule has 1 atom stereocenters. The Morgan fingerprint density at radius 3 is 2.27 bits per heavy atom. The van der Waals surface area contributed by atoms with E-state index in [0.717, 1.165) is 31.6 Å². The Balaban J connectivity index is 2.35. The van der Waals surface area contributed by atoms with Gasteiger partial charge in [0.15, 0.2) is 0 Å². The maximum absolute atomic E-state index is 11.4. The van der Waals surface area contributed by atoms with Crippen LogP contribution in [0.1, 0.15) is 39.5 Å². The molecule has 0 radical (unpaired) electrons. The Morgan fingerprint density at radius 2 is 1.80 bits per heavy atom. The van der Waals surface area contributed by atoms with Crippen LogP contribution in [0.2, 0.25) is 0 Å². The van der Waals surface area contributed by atoms with Crippen LogP contribution >= 0.6 is 0 Å².